The van der Waals surface area contributed by atoms with E-state index in [9.17, 15) is 4.79 Å². The van der Waals surface area contributed by atoms with Crippen molar-refractivity contribution in [3.8, 4) is 0 Å². The Morgan fingerprint density at radius 1 is 1.10 bits per heavy atom. The van der Waals surface area contributed by atoms with Crippen LogP contribution in [0, 0.1) is 0 Å². The molecule has 20 heavy (non-hydrogen) atoms. The molecule has 0 atom stereocenters. The molecule has 0 unspecified atom stereocenters. The summed E-state index contributed by atoms with van der Waals surface area (Å²) in [4.78, 5) is 20.8. The summed E-state index contributed by atoms with van der Waals surface area (Å²) in [5.74, 6) is 1.08. The third-order valence-electron chi connectivity index (χ3n) is 3.69. The molecular weight excluding hydrogens is 250 g/mol. The van der Waals surface area contributed by atoms with Crippen LogP contribution in [0.15, 0.2) is 29.1 Å². The normalized spacial score (nSPS) is 12.1. The first-order valence-electron chi connectivity index (χ1n) is 7.04. The van der Waals surface area contributed by atoms with Gasteiger partial charge in [-0.15, -0.1) is 0 Å². The minimum atomic E-state index is 0.0474. The van der Waals surface area contributed by atoms with Gasteiger partial charge in [0.15, 0.2) is 0 Å². The van der Waals surface area contributed by atoms with Crippen molar-refractivity contribution in [1.82, 2.24) is 14.4 Å². The lowest BCUT2D eigenvalue weighted by molar-refractivity contribution is 0.737. The molecule has 3 aromatic rings. The smallest absolute Gasteiger partial charge is 0.263 e. The van der Waals surface area contributed by atoms with E-state index in [1.165, 1.54) is 0 Å². The summed E-state index contributed by atoms with van der Waals surface area (Å²) in [7, 11) is 0. The van der Waals surface area contributed by atoms with Crippen molar-refractivity contribution in [1.29, 1.82) is 0 Å². The molecule has 0 aliphatic rings. The van der Waals surface area contributed by atoms with E-state index in [1.54, 1.807) is 4.40 Å². The number of rotatable bonds is 2. The Morgan fingerprint density at radius 2 is 1.80 bits per heavy atom. The van der Waals surface area contributed by atoms with Crippen molar-refractivity contribution in [2.45, 2.75) is 39.5 Å². The predicted molar refractivity (Wildman–Crippen MR) is 81.5 cm³/mol. The van der Waals surface area contributed by atoms with Crippen molar-refractivity contribution in [2.75, 3.05) is 0 Å². The number of aromatic nitrogens is 3. The Bertz CT molecular complexity index is 840. The van der Waals surface area contributed by atoms with Crippen molar-refractivity contribution >= 4 is 16.8 Å². The summed E-state index contributed by atoms with van der Waals surface area (Å²) in [6.45, 7) is 8.30. The van der Waals surface area contributed by atoms with Crippen LogP contribution in [0.1, 0.15) is 50.8 Å². The zero-order valence-corrected chi connectivity index (χ0v) is 12.3. The molecule has 104 valence electrons. The Balaban J connectivity index is 2.53. The molecule has 2 aromatic heterocycles. The molecule has 4 nitrogen and oxygen atoms in total. The number of imidazole rings is 1. The largest absolute Gasteiger partial charge is 0.328 e. The second-order valence-electron chi connectivity index (χ2n) is 5.83. The predicted octanol–water partition coefficient (Wildman–Crippen LogP) is 3.42. The van der Waals surface area contributed by atoms with Crippen LogP contribution in [-0.4, -0.2) is 14.4 Å². The molecule has 0 saturated heterocycles. The van der Waals surface area contributed by atoms with Crippen molar-refractivity contribution in [2.24, 2.45) is 0 Å². The highest BCUT2D eigenvalue weighted by molar-refractivity contribution is 5.79. The third-order valence-corrected chi connectivity index (χ3v) is 3.69. The maximum absolute atomic E-state index is 12.9. The summed E-state index contributed by atoms with van der Waals surface area (Å²) in [5.41, 5.74) is 3.60. The highest BCUT2D eigenvalue weighted by atomic mass is 16.1. The molecule has 4 heteroatoms. The molecule has 1 N–H and O–H groups in total. The van der Waals surface area contributed by atoms with Gasteiger partial charge >= 0.3 is 0 Å². The van der Waals surface area contributed by atoms with Crippen LogP contribution in [-0.2, 0) is 0 Å². The summed E-state index contributed by atoms with van der Waals surface area (Å²) >= 11 is 0. The van der Waals surface area contributed by atoms with E-state index in [-0.39, 0.29) is 17.4 Å². The van der Waals surface area contributed by atoms with Crippen molar-refractivity contribution in [3.63, 3.8) is 0 Å². The van der Waals surface area contributed by atoms with Gasteiger partial charge < -0.3 is 4.98 Å². The Kier molecular flexibility index (Phi) is 2.89. The minimum absolute atomic E-state index is 0.0474. The first-order valence-corrected chi connectivity index (χ1v) is 7.04. The SMILES string of the molecule is CC(C)c1[nH]c2nc3ccccc3n2c(=O)c1C(C)C. The van der Waals surface area contributed by atoms with Gasteiger partial charge in [0.05, 0.1) is 11.0 Å². The molecule has 1 aromatic carbocycles. The van der Waals surface area contributed by atoms with Crippen LogP contribution in [0.4, 0.5) is 0 Å². The lowest BCUT2D eigenvalue weighted by Gasteiger charge is -2.15. The fraction of sp³-hybridized carbons (Fsp3) is 0.375. The van der Waals surface area contributed by atoms with Gasteiger partial charge in [-0.3, -0.25) is 4.79 Å². The molecule has 0 radical (unpaired) electrons. The fourth-order valence-corrected chi connectivity index (χ4v) is 2.75. The summed E-state index contributed by atoms with van der Waals surface area (Å²) in [6, 6.07) is 7.73. The van der Waals surface area contributed by atoms with E-state index in [0.717, 1.165) is 22.3 Å². The average Bonchev–Trinajstić information content (AvgIpc) is 2.76. The van der Waals surface area contributed by atoms with Crippen molar-refractivity contribution in [3.05, 3.63) is 45.9 Å². The lowest BCUT2D eigenvalue weighted by Crippen LogP contribution is -2.23. The van der Waals surface area contributed by atoms with Crippen LogP contribution in [0.2, 0.25) is 0 Å². The second kappa shape index (κ2) is 4.47. The maximum Gasteiger partial charge on any atom is 0.263 e. The van der Waals surface area contributed by atoms with Gasteiger partial charge in [0.1, 0.15) is 0 Å². The van der Waals surface area contributed by atoms with Crippen LogP contribution < -0.4 is 5.56 Å². The van der Waals surface area contributed by atoms with E-state index < -0.39 is 0 Å². The number of fused-ring (bicyclic) bond motifs is 3. The Hall–Kier alpha value is -2.10. The topological polar surface area (TPSA) is 50.2 Å². The first kappa shape index (κ1) is 12.9. The monoisotopic (exact) mass is 269 g/mol. The van der Waals surface area contributed by atoms with Crippen LogP contribution >= 0.6 is 0 Å². The van der Waals surface area contributed by atoms with Gasteiger partial charge in [-0.1, -0.05) is 39.8 Å². The number of hydrogen-bond donors (Lipinski definition) is 1. The minimum Gasteiger partial charge on any atom is -0.328 e. The molecule has 0 fully saturated rings. The number of nitrogens with zero attached hydrogens (tertiary/aromatic N) is 2. The summed E-state index contributed by atoms with van der Waals surface area (Å²) in [6.07, 6.45) is 0. The zero-order chi connectivity index (χ0) is 14.4. The standard InChI is InChI=1S/C16H19N3O/c1-9(2)13-14(10(3)4)18-16-17-11-7-5-6-8-12(11)19(16)15(13)20/h5-10H,1-4H3,(H,17,18). The molecule has 2 heterocycles. The van der Waals surface area contributed by atoms with Crippen LogP contribution in [0.25, 0.3) is 16.8 Å². The Morgan fingerprint density at radius 3 is 2.45 bits per heavy atom. The average molecular weight is 269 g/mol. The molecule has 0 bridgehead atoms. The van der Waals surface area contributed by atoms with Gasteiger partial charge in [-0.05, 0) is 24.0 Å². The molecule has 3 rings (SSSR count). The van der Waals surface area contributed by atoms with E-state index in [2.05, 4.69) is 37.7 Å². The van der Waals surface area contributed by atoms with E-state index in [4.69, 9.17) is 0 Å². The number of benzene rings is 1. The number of nitrogens with one attached hydrogen (secondary N) is 1. The van der Waals surface area contributed by atoms with Gasteiger partial charge in [-0.25, -0.2) is 9.38 Å². The van der Waals surface area contributed by atoms with Crippen LogP contribution in [0.3, 0.4) is 0 Å². The quantitative estimate of drug-likeness (QED) is 0.775. The lowest BCUT2D eigenvalue weighted by atomic mass is 9.96. The van der Waals surface area contributed by atoms with E-state index in [1.807, 2.05) is 24.3 Å². The molecule has 0 aliphatic heterocycles. The van der Waals surface area contributed by atoms with Gasteiger partial charge in [0.25, 0.3) is 5.56 Å². The maximum atomic E-state index is 12.9. The molecular formula is C16H19N3O. The summed E-state index contributed by atoms with van der Waals surface area (Å²) < 4.78 is 1.69. The highest BCUT2D eigenvalue weighted by Crippen LogP contribution is 2.23. The molecule has 0 spiro atoms. The van der Waals surface area contributed by atoms with E-state index >= 15 is 0 Å². The number of hydrogen-bond acceptors (Lipinski definition) is 2. The van der Waals surface area contributed by atoms with Gasteiger partial charge in [-0.2, -0.15) is 0 Å². The van der Waals surface area contributed by atoms with E-state index in [0.29, 0.717) is 5.78 Å². The number of aromatic amines is 1. The first-order chi connectivity index (χ1) is 9.50. The molecule has 0 saturated carbocycles. The molecule has 0 amide bonds. The van der Waals surface area contributed by atoms with Crippen LogP contribution in [0.5, 0.6) is 0 Å². The second-order valence-corrected chi connectivity index (χ2v) is 5.83. The summed E-state index contributed by atoms with van der Waals surface area (Å²) in [5, 5.41) is 0. The van der Waals surface area contributed by atoms with Gasteiger partial charge in [0.2, 0.25) is 5.78 Å². The number of H-pyrrole nitrogens is 1. The number of para-hydroxylation sites is 2. The van der Waals surface area contributed by atoms with Gasteiger partial charge in [0, 0.05) is 11.3 Å². The van der Waals surface area contributed by atoms with Crippen molar-refractivity contribution < 1.29 is 0 Å². The fourth-order valence-electron chi connectivity index (χ4n) is 2.75. The third kappa shape index (κ3) is 1.75. The Labute approximate surface area is 117 Å². The zero-order valence-electron chi connectivity index (χ0n) is 12.3. The highest BCUT2D eigenvalue weighted by Gasteiger charge is 2.19. The molecule has 0 aliphatic carbocycles.